The van der Waals surface area contributed by atoms with E-state index in [9.17, 15) is 10.1 Å². The van der Waals surface area contributed by atoms with Gasteiger partial charge in [0.05, 0.1) is 18.8 Å². The molecule has 5 rings (SSSR count). The number of piperazine rings is 1. The van der Waals surface area contributed by atoms with Gasteiger partial charge < -0.3 is 19.4 Å². The van der Waals surface area contributed by atoms with E-state index in [0.717, 1.165) is 43.0 Å². The standard InChI is InChI=1S/C28H32N8O2/c1-5-20(15-29)14-22(30-3)36-17-28(10-7-11-28)24-25(31-18-32-26(24)36)34-12-13-35(19(2)16-34)27(37)21-8-6-9-23(33-21)38-4/h5-6,8-9,14,18-19H,3,7,10-13,16-17H2,1-2,4H3/b20-5+,22-14+. The lowest BCUT2D eigenvalue weighted by molar-refractivity contribution is 0.0666. The number of allylic oxidation sites excluding steroid dienone is 3. The molecule has 1 saturated carbocycles. The van der Waals surface area contributed by atoms with Crippen molar-refractivity contribution in [3.05, 3.63) is 59.3 Å². The SMILES string of the molecule is C=N/C(=C\C(C#N)=C/C)N1CC2(CCC2)c2c(N3CCN(C(=O)c4cccc(OC)n4)C(C)C3)ncnc21. The zero-order valence-electron chi connectivity index (χ0n) is 22.1. The van der Waals surface area contributed by atoms with Gasteiger partial charge in [0.2, 0.25) is 5.88 Å². The van der Waals surface area contributed by atoms with Crippen molar-refractivity contribution < 1.29 is 9.53 Å². The lowest BCUT2D eigenvalue weighted by atomic mass is 9.66. The van der Waals surface area contributed by atoms with Crippen molar-refractivity contribution in [1.82, 2.24) is 19.9 Å². The van der Waals surface area contributed by atoms with Crippen LogP contribution in [0.1, 0.15) is 49.2 Å². The molecule has 38 heavy (non-hydrogen) atoms. The molecule has 0 aromatic carbocycles. The van der Waals surface area contributed by atoms with Gasteiger partial charge in [-0.3, -0.25) is 4.79 Å². The van der Waals surface area contributed by atoms with Crippen molar-refractivity contribution in [3.63, 3.8) is 0 Å². The molecular weight excluding hydrogens is 480 g/mol. The Labute approximate surface area is 223 Å². The quantitative estimate of drug-likeness (QED) is 0.329. The van der Waals surface area contributed by atoms with Gasteiger partial charge in [0, 0.05) is 49.3 Å². The lowest BCUT2D eigenvalue weighted by Crippen LogP contribution is -2.55. The van der Waals surface area contributed by atoms with Crippen LogP contribution in [0.15, 0.2) is 53.1 Å². The van der Waals surface area contributed by atoms with Crippen molar-refractivity contribution in [2.24, 2.45) is 4.99 Å². The summed E-state index contributed by atoms with van der Waals surface area (Å²) in [4.78, 5) is 37.5. The number of amides is 1. The first-order valence-corrected chi connectivity index (χ1v) is 12.9. The van der Waals surface area contributed by atoms with E-state index in [4.69, 9.17) is 14.7 Å². The predicted molar refractivity (Wildman–Crippen MR) is 145 cm³/mol. The van der Waals surface area contributed by atoms with E-state index < -0.39 is 0 Å². The Morgan fingerprint density at radius 1 is 1.29 bits per heavy atom. The summed E-state index contributed by atoms with van der Waals surface area (Å²) >= 11 is 0. The van der Waals surface area contributed by atoms with Crippen LogP contribution in [-0.4, -0.2) is 71.8 Å². The molecule has 2 aliphatic heterocycles. The Bertz CT molecular complexity index is 1360. The number of nitriles is 1. The van der Waals surface area contributed by atoms with Gasteiger partial charge in [0.1, 0.15) is 29.5 Å². The molecule has 2 aromatic heterocycles. The van der Waals surface area contributed by atoms with Gasteiger partial charge in [0.25, 0.3) is 5.91 Å². The molecule has 0 radical (unpaired) electrons. The molecule has 2 aromatic rings. The van der Waals surface area contributed by atoms with Crippen LogP contribution >= 0.6 is 0 Å². The topological polar surface area (TPSA) is 111 Å². The summed E-state index contributed by atoms with van der Waals surface area (Å²) in [5, 5.41) is 9.45. The third-order valence-corrected chi connectivity index (χ3v) is 7.87. The number of rotatable bonds is 6. The smallest absolute Gasteiger partial charge is 0.272 e. The fraction of sp³-hybridized carbons (Fsp3) is 0.429. The summed E-state index contributed by atoms with van der Waals surface area (Å²) in [6.07, 6.45) is 8.36. The van der Waals surface area contributed by atoms with Gasteiger partial charge in [0.15, 0.2) is 0 Å². The molecular formula is C28H32N8O2. The van der Waals surface area contributed by atoms with Crippen LogP contribution in [0.25, 0.3) is 0 Å². The van der Waals surface area contributed by atoms with Crippen LogP contribution in [0.3, 0.4) is 0 Å². The van der Waals surface area contributed by atoms with Crippen molar-refractivity contribution in [2.45, 2.75) is 44.6 Å². The minimum atomic E-state index is -0.102. The summed E-state index contributed by atoms with van der Waals surface area (Å²) in [5.74, 6) is 2.69. The highest BCUT2D eigenvalue weighted by Gasteiger charge is 2.51. The molecule has 2 fully saturated rings. The van der Waals surface area contributed by atoms with E-state index in [0.29, 0.717) is 42.6 Å². The first kappa shape index (κ1) is 25.4. The molecule has 1 spiro atoms. The minimum Gasteiger partial charge on any atom is -0.481 e. The third-order valence-electron chi connectivity index (χ3n) is 7.87. The summed E-state index contributed by atoms with van der Waals surface area (Å²) in [5.41, 5.74) is 1.99. The summed E-state index contributed by atoms with van der Waals surface area (Å²) in [7, 11) is 1.54. The fourth-order valence-electron chi connectivity index (χ4n) is 5.72. The van der Waals surface area contributed by atoms with Crippen LogP contribution in [0.4, 0.5) is 11.6 Å². The first-order valence-electron chi connectivity index (χ1n) is 12.9. The molecule has 0 bridgehead atoms. The lowest BCUT2D eigenvalue weighted by Gasteiger charge is -2.43. The zero-order valence-corrected chi connectivity index (χ0v) is 22.1. The van der Waals surface area contributed by atoms with Crippen LogP contribution in [-0.2, 0) is 5.41 Å². The van der Waals surface area contributed by atoms with E-state index in [-0.39, 0.29) is 17.4 Å². The van der Waals surface area contributed by atoms with Crippen LogP contribution in [0, 0.1) is 11.3 Å². The van der Waals surface area contributed by atoms with Gasteiger partial charge in [-0.15, -0.1) is 0 Å². The molecule has 4 heterocycles. The highest BCUT2D eigenvalue weighted by molar-refractivity contribution is 5.93. The van der Waals surface area contributed by atoms with Crippen LogP contribution in [0.5, 0.6) is 5.88 Å². The Hall–Kier alpha value is -4.26. The van der Waals surface area contributed by atoms with E-state index in [2.05, 4.69) is 39.5 Å². The molecule has 1 saturated heterocycles. The minimum absolute atomic E-state index is 0.0390. The number of nitrogens with zero attached hydrogens (tertiary/aromatic N) is 8. The maximum absolute atomic E-state index is 13.3. The second-order valence-corrected chi connectivity index (χ2v) is 9.99. The molecule has 10 nitrogen and oxygen atoms in total. The number of anilines is 2. The van der Waals surface area contributed by atoms with E-state index >= 15 is 0 Å². The highest BCUT2D eigenvalue weighted by atomic mass is 16.5. The van der Waals surface area contributed by atoms with Crippen molar-refractivity contribution in [1.29, 1.82) is 5.26 Å². The Morgan fingerprint density at radius 2 is 2.08 bits per heavy atom. The third kappa shape index (κ3) is 4.28. The Morgan fingerprint density at radius 3 is 2.71 bits per heavy atom. The first-order chi connectivity index (χ1) is 18.4. The molecule has 1 unspecified atom stereocenters. The number of carbonyl (C=O) groups is 1. The van der Waals surface area contributed by atoms with Crippen molar-refractivity contribution in [2.75, 3.05) is 43.1 Å². The number of aliphatic imine (C=N–C) groups is 1. The number of pyridine rings is 1. The molecule has 1 amide bonds. The molecule has 196 valence electrons. The zero-order chi connectivity index (χ0) is 26.9. The van der Waals surface area contributed by atoms with E-state index in [1.165, 1.54) is 0 Å². The summed E-state index contributed by atoms with van der Waals surface area (Å²) < 4.78 is 5.20. The average molecular weight is 513 g/mol. The molecule has 3 aliphatic rings. The number of hydrogen-bond acceptors (Lipinski definition) is 9. The highest BCUT2D eigenvalue weighted by Crippen LogP contribution is 2.55. The monoisotopic (exact) mass is 512 g/mol. The fourth-order valence-corrected chi connectivity index (χ4v) is 5.72. The van der Waals surface area contributed by atoms with Gasteiger partial charge in [-0.1, -0.05) is 18.6 Å². The van der Waals surface area contributed by atoms with Gasteiger partial charge >= 0.3 is 0 Å². The molecule has 10 heteroatoms. The Kier molecular flexibility index (Phi) is 6.85. The summed E-state index contributed by atoms with van der Waals surface area (Å²) in [6, 6.07) is 7.40. The number of hydrogen-bond donors (Lipinski definition) is 0. The maximum Gasteiger partial charge on any atom is 0.272 e. The van der Waals surface area contributed by atoms with E-state index in [1.54, 1.807) is 43.8 Å². The number of ether oxygens (including phenoxy) is 1. The molecule has 1 aliphatic carbocycles. The normalized spacial score (nSPS) is 20.6. The van der Waals surface area contributed by atoms with Gasteiger partial charge in [-0.25, -0.2) is 19.9 Å². The number of aromatic nitrogens is 3. The van der Waals surface area contributed by atoms with Gasteiger partial charge in [-0.05, 0) is 45.5 Å². The number of fused-ring (bicyclic) bond motifs is 2. The van der Waals surface area contributed by atoms with Gasteiger partial charge in [-0.2, -0.15) is 5.26 Å². The van der Waals surface area contributed by atoms with Crippen molar-refractivity contribution in [3.8, 4) is 11.9 Å². The maximum atomic E-state index is 13.3. The van der Waals surface area contributed by atoms with Crippen LogP contribution < -0.4 is 14.5 Å². The number of carbonyl (C=O) groups excluding carboxylic acids is 1. The van der Waals surface area contributed by atoms with E-state index in [1.807, 2.05) is 11.8 Å². The average Bonchev–Trinajstić information content (AvgIpc) is 3.30. The Balaban J connectivity index is 1.44. The largest absolute Gasteiger partial charge is 0.481 e. The van der Waals surface area contributed by atoms with Crippen molar-refractivity contribution >= 4 is 24.3 Å². The molecule has 1 atom stereocenters. The second-order valence-electron chi connectivity index (χ2n) is 9.99. The van der Waals surface area contributed by atoms with Crippen LogP contribution in [0.2, 0.25) is 0 Å². The second kappa shape index (κ2) is 10.2. The number of methoxy groups -OCH3 is 1. The predicted octanol–water partition coefficient (Wildman–Crippen LogP) is 3.48. The summed E-state index contributed by atoms with van der Waals surface area (Å²) in [6.45, 7) is 10.2. The molecule has 0 N–H and O–H groups in total.